The van der Waals surface area contributed by atoms with E-state index in [1.807, 2.05) is 68.8 Å². The maximum Gasteiger partial charge on any atom is 0.335 e. The van der Waals surface area contributed by atoms with E-state index >= 15 is 0 Å². The predicted octanol–water partition coefficient (Wildman–Crippen LogP) is 4.22. The van der Waals surface area contributed by atoms with E-state index in [1.54, 1.807) is 6.07 Å². The molecule has 2 N–H and O–H groups in total. The molecule has 0 fully saturated rings. The van der Waals surface area contributed by atoms with E-state index < -0.39 is 17.1 Å². The molecular weight excluding hydrogens is 498 g/mol. The van der Waals surface area contributed by atoms with Crippen LogP contribution in [0.3, 0.4) is 0 Å². The van der Waals surface area contributed by atoms with Crippen molar-refractivity contribution in [3.8, 4) is 11.6 Å². The van der Waals surface area contributed by atoms with E-state index in [0.717, 1.165) is 27.0 Å². The molecule has 174 valence electrons. The summed E-state index contributed by atoms with van der Waals surface area (Å²) in [6, 6.07) is 13.6. The summed E-state index contributed by atoms with van der Waals surface area (Å²) in [4.78, 5) is 31.9. The number of aromatic amines is 1. The number of hydrogen-bond donors (Lipinski definition) is 2. The Morgan fingerprint density at radius 3 is 2.47 bits per heavy atom. The Kier molecular flexibility index (Phi) is 6.39. The monoisotopic (exact) mass is 521 g/mol. The van der Waals surface area contributed by atoms with Gasteiger partial charge in [-0.05, 0) is 72.4 Å². The van der Waals surface area contributed by atoms with Crippen molar-refractivity contribution < 1.29 is 5.11 Å². The van der Waals surface area contributed by atoms with Crippen molar-refractivity contribution in [2.24, 2.45) is 4.99 Å². The van der Waals surface area contributed by atoms with Gasteiger partial charge in [0.05, 0.1) is 23.6 Å². The second kappa shape index (κ2) is 9.26. The molecule has 2 heterocycles. The summed E-state index contributed by atoms with van der Waals surface area (Å²) in [7, 11) is 0. The Morgan fingerprint density at radius 2 is 1.76 bits per heavy atom. The summed E-state index contributed by atoms with van der Waals surface area (Å²) in [5.41, 5.74) is 3.98. The molecule has 0 bridgehead atoms. The molecule has 4 aromatic rings. The van der Waals surface area contributed by atoms with E-state index in [1.165, 1.54) is 6.21 Å². The van der Waals surface area contributed by atoms with Gasteiger partial charge in [-0.25, -0.2) is 9.36 Å². The van der Waals surface area contributed by atoms with Crippen molar-refractivity contribution >= 4 is 27.8 Å². The SMILES string of the molecule is Cc1cc(Br)c(-n2c(O)c(C=Nc3c(C)nn(Cc4ccccc4)c3C)c(=O)[nH]c2=O)cc1C. The van der Waals surface area contributed by atoms with Crippen LogP contribution in [0.5, 0.6) is 5.88 Å². The van der Waals surface area contributed by atoms with E-state index in [9.17, 15) is 14.7 Å². The Morgan fingerprint density at radius 1 is 1.09 bits per heavy atom. The highest BCUT2D eigenvalue weighted by Crippen LogP contribution is 2.28. The van der Waals surface area contributed by atoms with Crippen LogP contribution in [0.1, 0.15) is 33.6 Å². The van der Waals surface area contributed by atoms with Crippen LogP contribution in [0.2, 0.25) is 0 Å². The van der Waals surface area contributed by atoms with E-state index in [-0.39, 0.29) is 5.56 Å². The lowest BCUT2D eigenvalue weighted by molar-refractivity contribution is 0.430. The minimum atomic E-state index is -0.744. The zero-order valence-electron chi connectivity index (χ0n) is 19.3. The molecule has 0 unspecified atom stereocenters. The summed E-state index contributed by atoms with van der Waals surface area (Å²) in [5, 5.41) is 15.5. The molecule has 0 aliphatic rings. The number of aliphatic imine (C=N–C) groups is 1. The molecule has 34 heavy (non-hydrogen) atoms. The van der Waals surface area contributed by atoms with Gasteiger partial charge >= 0.3 is 5.69 Å². The third-order valence-electron chi connectivity index (χ3n) is 5.77. The first-order valence-electron chi connectivity index (χ1n) is 10.6. The van der Waals surface area contributed by atoms with E-state index in [0.29, 0.717) is 28.1 Å². The summed E-state index contributed by atoms with van der Waals surface area (Å²) in [6.45, 7) is 8.16. The van der Waals surface area contributed by atoms with Crippen molar-refractivity contribution in [3.63, 3.8) is 0 Å². The second-order valence-electron chi connectivity index (χ2n) is 8.14. The number of hydrogen-bond acceptors (Lipinski definition) is 5. The van der Waals surface area contributed by atoms with Gasteiger partial charge in [-0.1, -0.05) is 30.3 Å². The summed E-state index contributed by atoms with van der Waals surface area (Å²) >= 11 is 3.45. The number of H-pyrrole nitrogens is 1. The number of nitrogens with one attached hydrogen (secondary N) is 1. The number of aromatic hydroxyl groups is 1. The highest BCUT2D eigenvalue weighted by atomic mass is 79.9. The van der Waals surface area contributed by atoms with E-state index in [4.69, 9.17) is 0 Å². The Labute approximate surface area is 204 Å². The van der Waals surface area contributed by atoms with Crippen LogP contribution in [-0.4, -0.2) is 30.7 Å². The molecule has 0 radical (unpaired) electrons. The summed E-state index contributed by atoms with van der Waals surface area (Å²) in [5.74, 6) is -0.492. The van der Waals surface area contributed by atoms with Gasteiger partial charge < -0.3 is 5.11 Å². The van der Waals surface area contributed by atoms with Gasteiger partial charge in [-0.15, -0.1) is 0 Å². The fraction of sp³-hybridized carbons (Fsp3) is 0.200. The maximum atomic E-state index is 12.6. The van der Waals surface area contributed by atoms with Crippen LogP contribution in [0.4, 0.5) is 5.69 Å². The average molecular weight is 522 g/mol. The first-order valence-corrected chi connectivity index (χ1v) is 11.4. The Hall–Kier alpha value is -3.72. The lowest BCUT2D eigenvalue weighted by Gasteiger charge is -2.13. The minimum Gasteiger partial charge on any atom is -0.493 e. The quantitative estimate of drug-likeness (QED) is 0.383. The van der Waals surface area contributed by atoms with E-state index in [2.05, 4.69) is 31.0 Å². The van der Waals surface area contributed by atoms with Crippen LogP contribution >= 0.6 is 15.9 Å². The molecule has 4 rings (SSSR count). The molecule has 0 aliphatic heterocycles. The van der Waals surface area contributed by atoms with Crippen LogP contribution < -0.4 is 11.2 Å². The number of nitrogens with zero attached hydrogens (tertiary/aromatic N) is 4. The fourth-order valence-corrected chi connectivity index (χ4v) is 4.36. The molecule has 0 amide bonds. The third-order valence-corrected chi connectivity index (χ3v) is 6.40. The van der Waals surface area contributed by atoms with Crippen LogP contribution in [-0.2, 0) is 6.54 Å². The molecule has 8 nitrogen and oxygen atoms in total. The molecule has 0 atom stereocenters. The van der Waals surface area contributed by atoms with Crippen molar-refractivity contribution in [1.82, 2.24) is 19.3 Å². The highest BCUT2D eigenvalue weighted by molar-refractivity contribution is 9.10. The molecule has 9 heteroatoms. The molecule has 0 spiro atoms. The minimum absolute atomic E-state index is 0.126. The lowest BCUT2D eigenvalue weighted by atomic mass is 10.1. The van der Waals surface area contributed by atoms with Gasteiger partial charge in [0.2, 0.25) is 5.88 Å². The standard InChI is InChI=1S/C25H24BrN5O3/c1-14-10-20(26)21(11-15(14)2)31-24(33)19(23(32)28-25(31)34)12-27-22-16(3)29-30(17(22)4)13-18-8-6-5-7-9-18/h5-12,33H,13H2,1-4H3,(H,28,32,34). The van der Waals surface area contributed by atoms with Gasteiger partial charge in [-0.3, -0.25) is 19.5 Å². The normalized spacial score (nSPS) is 11.4. The number of aryl methyl sites for hydroxylation is 3. The smallest absolute Gasteiger partial charge is 0.335 e. The molecule has 0 saturated heterocycles. The Bertz CT molecular complexity index is 1530. The predicted molar refractivity (Wildman–Crippen MR) is 136 cm³/mol. The summed E-state index contributed by atoms with van der Waals surface area (Å²) in [6.07, 6.45) is 1.27. The largest absolute Gasteiger partial charge is 0.493 e. The number of aromatic nitrogens is 4. The van der Waals surface area contributed by atoms with Crippen LogP contribution in [0, 0.1) is 27.7 Å². The maximum absolute atomic E-state index is 12.6. The number of rotatable bonds is 5. The zero-order chi connectivity index (χ0) is 24.6. The Balaban J connectivity index is 1.77. The molecular formula is C25H24BrN5O3. The molecule has 0 aliphatic carbocycles. The average Bonchev–Trinajstić information content (AvgIpc) is 3.04. The van der Waals surface area contributed by atoms with Gasteiger partial charge in [0.1, 0.15) is 11.3 Å². The third kappa shape index (κ3) is 4.38. The zero-order valence-corrected chi connectivity index (χ0v) is 20.8. The second-order valence-corrected chi connectivity index (χ2v) is 9.00. The highest BCUT2D eigenvalue weighted by Gasteiger charge is 2.18. The number of halogens is 1. The topological polar surface area (TPSA) is 105 Å². The first kappa shape index (κ1) is 23.4. The van der Waals surface area contributed by atoms with Crippen molar-refractivity contribution in [2.75, 3.05) is 0 Å². The van der Waals surface area contributed by atoms with Gasteiger partial charge in [-0.2, -0.15) is 5.10 Å². The molecule has 2 aromatic carbocycles. The first-order chi connectivity index (χ1) is 16.2. The van der Waals surface area contributed by atoms with Gasteiger partial charge in [0.25, 0.3) is 5.56 Å². The molecule has 0 saturated carbocycles. The van der Waals surface area contributed by atoms with Crippen molar-refractivity contribution in [3.05, 3.63) is 101 Å². The fourth-order valence-electron chi connectivity index (χ4n) is 3.73. The molecule has 2 aromatic heterocycles. The number of benzene rings is 2. The van der Waals surface area contributed by atoms with Crippen molar-refractivity contribution in [2.45, 2.75) is 34.2 Å². The van der Waals surface area contributed by atoms with Crippen molar-refractivity contribution in [1.29, 1.82) is 0 Å². The van der Waals surface area contributed by atoms with Crippen LogP contribution in [0.25, 0.3) is 5.69 Å². The van der Waals surface area contributed by atoms with Gasteiger partial charge in [0, 0.05) is 10.7 Å². The summed E-state index contributed by atoms with van der Waals surface area (Å²) < 4.78 is 3.50. The lowest BCUT2D eigenvalue weighted by Crippen LogP contribution is -2.31. The van der Waals surface area contributed by atoms with Crippen LogP contribution in [0.15, 0.2) is 61.5 Å². The van der Waals surface area contributed by atoms with Gasteiger partial charge in [0.15, 0.2) is 0 Å².